The van der Waals surface area contributed by atoms with E-state index in [0.717, 1.165) is 5.69 Å². The molecule has 3 rings (SSSR count). The molecule has 2 heterocycles. The number of aromatic nitrogens is 1. The second-order valence-corrected chi connectivity index (χ2v) is 6.67. The highest BCUT2D eigenvalue weighted by Gasteiger charge is 2.32. The van der Waals surface area contributed by atoms with Crippen molar-refractivity contribution >= 4 is 20.8 Å². The molecule has 0 bridgehead atoms. The van der Waals surface area contributed by atoms with Gasteiger partial charge in [-0.25, -0.2) is 12.8 Å². The highest BCUT2D eigenvalue weighted by atomic mass is 32.2. The minimum atomic E-state index is -3.70. The van der Waals surface area contributed by atoms with Crippen LogP contribution in [0.2, 0.25) is 0 Å². The van der Waals surface area contributed by atoms with Crippen molar-refractivity contribution in [3.8, 4) is 0 Å². The average molecular weight is 331 g/mol. The Kier molecular flexibility index (Phi) is 3.96. The van der Waals surface area contributed by atoms with E-state index in [1.54, 1.807) is 19.2 Å². The molecule has 0 saturated carbocycles. The Morgan fingerprint density at radius 1 is 1.17 bits per heavy atom. The molecule has 0 fully saturated rings. The van der Waals surface area contributed by atoms with Gasteiger partial charge in [-0.1, -0.05) is 18.2 Å². The summed E-state index contributed by atoms with van der Waals surface area (Å²) in [6.07, 6.45) is 1.65. The van der Waals surface area contributed by atoms with E-state index in [1.165, 1.54) is 24.3 Å². The second kappa shape index (κ2) is 5.92. The molecule has 1 N–H and O–H groups in total. The SMILES string of the molecule is CC1=C(c2ccc(F)cc2)S(=O)(=O)NC1=NCc1ccccn1. The lowest BCUT2D eigenvalue weighted by Gasteiger charge is -2.02. The first-order chi connectivity index (χ1) is 11.0. The van der Waals surface area contributed by atoms with E-state index in [9.17, 15) is 12.8 Å². The lowest BCUT2D eigenvalue weighted by atomic mass is 10.1. The zero-order valence-corrected chi connectivity index (χ0v) is 13.1. The van der Waals surface area contributed by atoms with Gasteiger partial charge in [0.2, 0.25) is 0 Å². The molecule has 0 saturated heterocycles. The molecule has 23 heavy (non-hydrogen) atoms. The lowest BCUT2D eigenvalue weighted by molar-refractivity contribution is 0.603. The second-order valence-electron chi connectivity index (χ2n) is 5.05. The summed E-state index contributed by atoms with van der Waals surface area (Å²) in [4.78, 5) is 8.56. The number of aliphatic imine (C=N–C) groups is 1. The van der Waals surface area contributed by atoms with E-state index in [1.807, 2.05) is 12.1 Å². The summed E-state index contributed by atoms with van der Waals surface area (Å²) in [5.41, 5.74) is 1.68. The van der Waals surface area contributed by atoms with Crippen LogP contribution in [-0.2, 0) is 16.6 Å². The van der Waals surface area contributed by atoms with Crippen molar-refractivity contribution in [3.63, 3.8) is 0 Å². The van der Waals surface area contributed by atoms with Crippen LogP contribution < -0.4 is 4.72 Å². The normalized spacial score (nSPS) is 18.3. The number of hydrogen-bond acceptors (Lipinski definition) is 4. The molecule has 118 valence electrons. The molecule has 0 amide bonds. The molecule has 1 aliphatic heterocycles. The van der Waals surface area contributed by atoms with Gasteiger partial charge in [0, 0.05) is 11.8 Å². The van der Waals surface area contributed by atoms with Gasteiger partial charge >= 0.3 is 0 Å². The summed E-state index contributed by atoms with van der Waals surface area (Å²) in [5.74, 6) is -0.130. The number of nitrogens with zero attached hydrogens (tertiary/aromatic N) is 2. The molecule has 1 aromatic heterocycles. The first-order valence-electron chi connectivity index (χ1n) is 6.92. The lowest BCUT2D eigenvalue weighted by Crippen LogP contribution is -2.23. The molecule has 0 radical (unpaired) electrons. The van der Waals surface area contributed by atoms with Crippen molar-refractivity contribution in [1.82, 2.24) is 9.71 Å². The van der Waals surface area contributed by atoms with E-state index < -0.39 is 15.8 Å². The monoisotopic (exact) mass is 331 g/mol. The minimum Gasteiger partial charge on any atom is -0.263 e. The van der Waals surface area contributed by atoms with Gasteiger partial charge in [-0.2, -0.15) is 0 Å². The molecular weight excluding hydrogens is 317 g/mol. The van der Waals surface area contributed by atoms with Gasteiger partial charge in [0.25, 0.3) is 10.0 Å². The smallest absolute Gasteiger partial charge is 0.263 e. The van der Waals surface area contributed by atoms with Crippen LogP contribution in [0, 0.1) is 5.82 Å². The van der Waals surface area contributed by atoms with Crippen molar-refractivity contribution in [2.45, 2.75) is 13.5 Å². The Morgan fingerprint density at radius 2 is 1.91 bits per heavy atom. The van der Waals surface area contributed by atoms with Crippen LogP contribution >= 0.6 is 0 Å². The molecular formula is C16H14FN3O2S. The summed E-state index contributed by atoms with van der Waals surface area (Å²) < 4.78 is 40.1. The molecule has 2 aromatic rings. The number of rotatable bonds is 3. The number of halogens is 1. The maximum Gasteiger partial charge on any atom is 0.264 e. The quantitative estimate of drug-likeness (QED) is 0.939. The Bertz CT molecular complexity index is 889. The number of pyridine rings is 1. The van der Waals surface area contributed by atoms with E-state index in [-0.39, 0.29) is 17.3 Å². The highest BCUT2D eigenvalue weighted by Crippen LogP contribution is 2.29. The summed E-state index contributed by atoms with van der Waals surface area (Å²) in [6.45, 7) is 1.94. The van der Waals surface area contributed by atoms with E-state index in [0.29, 0.717) is 11.1 Å². The van der Waals surface area contributed by atoms with Crippen LogP contribution in [0.5, 0.6) is 0 Å². The fourth-order valence-corrected chi connectivity index (χ4v) is 3.86. The number of hydrogen-bond donors (Lipinski definition) is 1. The number of nitrogens with one attached hydrogen (secondary N) is 1. The summed E-state index contributed by atoms with van der Waals surface area (Å²) in [7, 11) is -3.70. The van der Waals surface area contributed by atoms with Gasteiger partial charge in [-0.15, -0.1) is 0 Å². The topological polar surface area (TPSA) is 71.4 Å². The molecule has 7 heteroatoms. The molecule has 5 nitrogen and oxygen atoms in total. The average Bonchev–Trinajstić information content (AvgIpc) is 2.77. The van der Waals surface area contributed by atoms with Crippen molar-refractivity contribution in [3.05, 3.63) is 71.3 Å². The molecule has 1 aliphatic rings. The fourth-order valence-electron chi connectivity index (χ4n) is 2.34. The standard InChI is InChI=1S/C16H14FN3O2S/c1-11-15(12-5-7-13(17)8-6-12)23(21,22)20-16(11)19-10-14-4-2-3-9-18-14/h2-9H,10H2,1H3,(H,19,20). The molecule has 0 unspecified atom stereocenters. The van der Waals surface area contributed by atoms with Crippen LogP contribution in [0.1, 0.15) is 18.2 Å². The first kappa shape index (κ1) is 15.4. The van der Waals surface area contributed by atoms with Crippen LogP contribution in [0.3, 0.4) is 0 Å². The van der Waals surface area contributed by atoms with Crippen molar-refractivity contribution in [2.24, 2.45) is 4.99 Å². The predicted octanol–water partition coefficient (Wildman–Crippen LogP) is 2.48. The summed E-state index contributed by atoms with van der Waals surface area (Å²) in [5, 5.41) is 0. The maximum atomic E-state index is 13.0. The number of benzene rings is 1. The molecule has 0 atom stereocenters. The third kappa shape index (κ3) is 3.14. The van der Waals surface area contributed by atoms with Crippen molar-refractivity contribution < 1.29 is 12.8 Å². The zero-order chi connectivity index (χ0) is 16.4. The van der Waals surface area contributed by atoms with Crippen LogP contribution in [0.15, 0.2) is 59.2 Å². The Balaban J connectivity index is 1.97. The van der Waals surface area contributed by atoms with E-state index in [2.05, 4.69) is 14.7 Å². The summed E-state index contributed by atoms with van der Waals surface area (Å²) in [6, 6.07) is 10.8. The maximum absolute atomic E-state index is 13.0. The van der Waals surface area contributed by atoms with Gasteiger partial charge in [-0.3, -0.25) is 14.7 Å². The summed E-state index contributed by atoms with van der Waals surface area (Å²) >= 11 is 0. The van der Waals surface area contributed by atoms with Crippen LogP contribution in [-0.4, -0.2) is 19.2 Å². The minimum absolute atomic E-state index is 0.122. The zero-order valence-electron chi connectivity index (χ0n) is 12.3. The van der Waals surface area contributed by atoms with Crippen molar-refractivity contribution in [2.75, 3.05) is 0 Å². The third-order valence-corrected chi connectivity index (χ3v) is 4.97. The predicted molar refractivity (Wildman–Crippen MR) is 86.4 cm³/mol. The molecule has 0 aliphatic carbocycles. The van der Waals surface area contributed by atoms with Gasteiger partial charge in [0.15, 0.2) is 0 Å². The number of amidine groups is 1. The molecule has 0 spiro atoms. The van der Waals surface area contributed by atoms with Gasteiger partial charge in [0.05, 0.1) is 12.2 Å². The Labute approximate surface area is 133 Å². The molecule has 1 aromatic carbocycles. The van der Waals surface area contributed by atoms with E-state index in [4.69, 9.17) is 0 Å². The Morgan fingerprint density at radius 3 is 2.57 bits per heavy atom. The number of sulfonamides is 1. The largest absolute Gasteiger partial charge is 0.264 e. The third-order valence-electron chi connectivity index (χ3n) is 3.43. The fraction of sp³-hybridized carbons (Fsp3) is 0.125. The van der Waals surface area contributed by atoms with Gasteiger partial charge < -0.3 is 0 Å². The Hall–Kier alpha value is -2.54. The van der Waals surface area contributed by atoms with Crippen LogP contribution in [0.4, 0.5) is 4.39 Å². The van der Waals surface area contributed by atoms with E-state index >= 15 is 0 Å². The highest BCUT2D eigenvalue weighted by molar-refractivity contribution is 8.00. The van der Waals surface area contributed by atoms with Crippen LogP contribution in [0.25, 0.3) is 4.91 Å². The van der Waals surface area contributed by atoms with Gasteiger partial charge in [-0.05, 0) is 36.8 Å². The van der Waals surface area contributed by atoms with Crippen molar-refractivity contribution in [1.29, 1.82) is 0 Å². The first-order valence-corrected chi connectivity index (χ1v) is 8.40. The van der Waals surface area contributed by atoms with Gasteiger partial charge in [0.1, 0.15) is 16.6 Å².